The number of carboxylic acid groups (broad SMARTS) is 1. The molecule has 43 heavy (non-hydrogen) atoms. The van der Waals surface area contributed by atoms with E-state index in [9.17, 15) is 9.90 Å². The highest BCUT2D eigenvalue weighted by Crippen LogP contribution is 2.38. The fourth-order valence-electron chi connectivity index (χ4n) is 5.66. The van der Waals surface area contributed by atoms with Crippen molar-refractivity contribution in [3.63, 3.8) is 0 Å². The number of nitrogens with zero attached hydrogens (tertiary/aromatic N) is 2. The van der Waals surface area contributed by atoms with Crippen LogP contribution in [0.25, 0.3) is 17.5 Å². The van der Waals surface area contributed by atoms with Gasteiger partial charge < -0.3 is 14.3 Å². The molecule has 216 valence electrons. The van der Waals surface area contributed by atoms with Gasteiger partial charge in [-0.3, -0.25) is 9.69 Å². The largest absolute Gasteiger partial charge is 0.480 e. The van der Waals surface area contributed by atoms with Crippen molar-refractivity contribution in [3.8, 4) is 23.0 Å². The monoisotopic (exact) mass is 570 g/mol. The molecule has 1 aliphatic heterocycles. The lowest BCUT2D eigenvalue weighted by atomic mass is 10.0. The maximum atomic E-state index is 12.1. The number of aromatic nitrogens is 1. The Morgan fingerprint density at radius 2 is 1.58 bits per heavy atom. The van der Waals surface area contributed by atoms with Gasteiger partial charge >= 0.3 is 5.97 Å². The Bertz CT molecular complexity index is 1680. The topological polar surface area (TPSA) is 75.8 Å². The van der Waals surface area contributed by atoms with Crippen LogP contribution in [0.4, 0.5) is 0 Å². The second kappa shape index (κ2) is 12.9. The van der Waals surface area contributed by atoms with E-state index in [-0.39, 0.29) is 6.04 Å². The van der Waals surface area contributed by atoms with Crippen LogP contribution in [0.5, 0.6) is 11.5 Å². The van der Waals surface area contributed by atoms with Crippen LogP contribution in [0.15, 0.2) is 120 Å². The Morgan fingerprint density at radius 3 is 2.28 bits per heavy atom. The molecule has 6 rings (SSSR count). The first-order chi connectivity index (χ1) is 21.0. The Hall–Kier alpha value is -4.94. The third-order valence-corrected chi connectivity index (χ3v) is 7.92. The fourth-order valence-corrected chi connectivity index (χ4v) is 5.66. The minimum Gasteiger partial charge on any atom is -0.480 e. The van der Waals surface area contributed by atoms with Crippen molar-refractivity contribution in [2.75, 3.05) is 0 Å². The zero-order valence-corrected chi connectivity index (χ0v) is 24.1. The molecule has 2 atom stereocenters. The molecule has 1 saturated heterocycles. The lowest BCUT2D eigenvalue weighted by Gasteiger charge is -2.28. The van der Waals surface area contributed by atoms with Crippen LogP contribution in [0.1, 0.15) is 47.0 Å². The first-order valence-electron chi connectivity index (χ1n) is 14.6. The Kier molecular flexibility index (Phi) is 8.47. The molecule has 0 aliphatic carbocycles. The summed E-state index contributed by atoms with van der Waals surface area (Å²) in [4.78, 5) is 18.9. The molecule has 0 radical (unpaired) electrons. The first kappa shape index (κ1) is 28.2. The first-order valence-corrected chi connectivity index (χ1v) is 14.6. The van der Waals surface area contributed by atoms with Gasteiger partial charge in [0.1, 0.15) is 23.3 Å². The molecule has 4 aromatic carbocycles. The van der Waals surface area contributed by atoms with E-state index in [0.717, 1.165) is 51.6 Å². The Labute approximate surface area is 251 Å². The summed E-state index contributed by atoms with van der Waals surface area (Å²) in [6.07, 6.45) is 6.29. The van der Waals surface area contributed by atoms with Crippen LogP contribution >= 0.6 is 0 Å². The van der Waals surface area contributed by atoms with E-state index >= 15 is 0 Å². The molecule has 0 amide bonds. The molecule has 0 saturated carbocycles. The molecule has 0 bridgehead atoms. The number of carboxylic acids is 1. The third kappa shape index (κ3) is 6.76. The van der Waals surface area contributed by atoms with Gasteiger partial charge in [-0.1, -0.05) is 84.9 Å². The van der Waals surface area contributed by atoms with Crippen molar-refractivity contribution in [1.29, 1.82) is 0 Å². The number of aliphatic carboxylic acids is 1. The molecular formula is C37H34N2O4. The lowest BCUT2D eigenvalue weighted by molar-refractivity contribution is -0.142. The molecule has 6 nitrogen and oxygen atoms in total. The summed E-state index contributed by atoms with van der Waals surface area (Å²) in [5.41, 5.74) is 5.16. The summed E-state index contributed by atoms with van der Waals surface area (Å²) in [6, 6.07) is 35.4. The number of hydrogen-bond donors (Lipinski definition) is 1. The van der Waals surface area contributed by atoms with Crippen molar-refractivity contribution < 1.29 is 19.1 Å². The molecule has 2 heterocycles. The number of aryl methyl sites for hydroxylation is 1. The minimum absolute atomic E-state index is 0.0357. The molecule has 1 fully saturated rings. The van der Waals surface area contributed by atoms with Gasteiger partial charge in [0.2, 0.25) is 5.89 Å². The van der Waals surface area contributed by atoms with Gasteiger partial charge in [-0.2, -0.15) is 0 Å². The average Bonchev–Trinajstić information content (AvgIpc) is 3.63. The number of likely N-dealkylation sites (tertiary alicyclic amines) is 1. The van der Waals surface area contributed by atoms with Crippen molar-refractivity contribution in [2.24, 2.45) is 0 Å². The van der Waals surface area contributed by atoms with E-state index in [1.807, 2.05) is 91.9 Å². The third-order valence-electron chi connectivity index (χ3n) is 7.92. The summed E-state index contributed by atoms with van der Waals surface area (Å²) in [7, 11) is 0. The fraction of sp³-hybridized carbons (Fsp3) is 0.189. The van der Waals surface area contributed by atoms with E-state index in [0.29, 0.717) is 25.3 Å². The molecule has 1 aliphatic rings. The minimum atomic E-state index is -0.773. The molecular weight excluding hydrogens is 536 g/mol. The highest BCUT2D eigenvalue weighted by atomic mass is 16.5. The molecule has 6 heteroatoms. The number of para-hydroxylation sites is 1. The lowest BCUT2D eigenvalue weighted by Crippen LogP contribution is -2.36. The van der Waals surface area contributed by atoms with Crippen LogP contribution < -0.4 is 4.74 Å². The van der Waals surface area contributed by atoms with Gasteiger partial charge in [-0.05, 0) is 72.9 Å². The van der Waals surface area contributed by atoms with Crippen molar-refractivity contribution in [1.82, 2.24) is 9.88 Å². The van der Waals surface area contributed by atoms with Crippen LogP contribution in [0.3, 0.4) is 0 Å². The summed E-state index contributed by atoms with van der Waals surface area (Å²) in [5.74, 6) is 2.23. The Morgan fingerprint density at radius 1 is 0.907 bits per heavy atom. The number of carbonyl (C=O) groups is 1. The maximum Gasteiger partial charge on any atom is 0.320 e. The Balaban J connectivity index is 1.11. The summed E-state index contributed by atoms with van der Waals surface area (Å²) in [5, 5.41) is 9.97. The van der Waals surface area contributed by atoms with Gasteiger partial charge in [0.05, 0.1) is 5.69 Å². The zero-order valence-electron chi connectivity index (χ0n) is 24.1. The van der Waals surface area contributed by atoms with Crippen LogP contribution in [-0.4, -0.2) is 27.0 Å². The van der Waals surface area contributed by atoms with Crippen LogP contribution in [0, 0.1) is 6.92 Å². The zero-order chi connectivity index (χ0) is 29.6. The van der Waals surface area contributed by atoms with E-state index in [1.54, 1.807) is 0 Å². The molecule has 1 aromatic heterocycles. The summed E-state index contributed by atoms with van der Waals surface area (Å²) >= 11 is 0. The second-order valence-electron chi connectivity index (χ2n) is 10.8. The summed E-state index contributed by atoms with van der Waals surface area (Å²) in [6.45, 7) is 2.50. The van der Waals surface area contributed by atoms with E-state index in [4.69, 9.17) is 9.15 Å². The normalized spacial score (nSPS) is 17.0. The molecule has 0 spiro atoms. The predicted molar refractivity (Wildman–Crippen MR) is 168 cm³/mol. The van der Waals surface area contributed by atoms with Gasteiger partial charge in [0.15, 0.2) is 0 Å². The van der Waals surface area contributed by atoms with Gasteiger partial charge in [0.25, 0.3) is 0 Å². The highest BCUT2D eigenvalue weighted by Gasteiger charge is 2.38. The SMILES string of the molecule is Cc1oc(-c2ccccc2)nc1C/C=C/c1ccc(C2CCC(C(=O)O)N2Cc2ccc(Oc3ccccc3)cc2)cc1. The van der Waals surface area contributed by atoms with E-state index < -0.39 is 12.0 Å². The smallest absolute Gasteiger partial charge is 0.320 e. The van der Waals surface area contributed by atoms with Gasteiger partial charge in [-0.25, -0.2) is 4.98 Å². The second-order valence-corrected chi connectivity index (χ2v) is 10.8. The van der Waals surface area contributed by atoms with Gasteiger partial charge in [0, 0.05) is 24.6 Å². The quantitative estimate of drug-likeness (QED) is 0.181. The number of benzene rings is 4. The average molecular weight is 571 g/mol. The standard InChI is InChI=1S/C37H34N2O4/c1-26-33(38-36(42-26)30-10-4-2-5-11-30)14-8-9-27-15-19-29(20-16-27)34-23-24-35(37(40)41)39(34)25-28-17-21-32(22-18-28)43-31-12-6-3-7-13-31/h2-13,15-22,34-35H,14,23-25H2,1H3,(H,40,41)/b9-8+. The molecule has 1 N–H and O–H groups in total. The molecule has 2 unspecified atom stereocenters. The van der Waals surface area contributed by atoms with Crippen molar-refractivity contribution in [3.05, 3.63) is 143 Å². The van der Waals surface area contributed by atoms with Gasteiger partial charge in [-0.15, -0.1) is 0 Å². The maximum absolute atomic E-state index is 12.1. The number of hydrogen-bond acceptors (Lipinski definition) is 5. The summed E-state index contributed by atoms with van der Waals surface area (Å²) < 4.78 is 11.8. The van der Waals surface area contributed by atoms with Crippen molar-refractivity contribution >= 4 is 12.0 Å². The number of rotatable bonds is 10. The van der Waals surface area contributed by atoms with Crippen LogP contribution in [-0.2, 0) is 17.8 Å². The molecule has 5 aromatic rings. The van der Waals surface area contributed by atoms with E-state index in [1.165, 1.54) is 0 Å². The van der Waals surface area contributed by atoms with Crippen molar-refractivity contribution in [2.45, 2.75) is 44.8 Å². The predicted octanol–water partition coefficient (Wildman–Crippen LogP) is 8.49. The highest BCUT2D eigenvalue weighted by molar-refractivity contribution is 5.74. The van der Waals surface area contributed by atoms with E-state index in [2.05, 4.69) is 46.3 Å². The van der Waals surface area contributed by atoms with Crippen LogP contribution in [0.2, 0.25) is 0 Å². The number of oxazole rings is 1. The number of ether oxygens (including phenoxy) is 1. The number of allylic oxidation sites excluding steroid dienone is 1.